The molecule has 1 atom stereocenters. The molecule has 41 heavy (non-hydrogen) atoms. The predicted octanol–water partition coefficient (Wildman–Crippen LogP) is 5.49. The first-order valence-electron chi connectivity index (χ1n) is 13.0. The van der Waals surface area contributed by atoms with Crippen LogP contribution in [0.2, 0.25) is 0 Å². The van der Waals surface area contributed by atoms with E-state index in [1.165, 1.54) is 19.2 Å². The Morgan fingerprint density at radius 3 is 2.39 bits per heavy atom. The van der Waals surface area contributed by atoms with Gasteiger partial charge in [0, 0.05) is 24.7 Å². The van der Waals surface area contributed by atoms with E-state index >= 15 is 0 Å². The standard InChI is InChI=1S/C30H27F3N2O5S/c1-3-8-23-24(16-19-11-6-10-18-9-4-5-14-22(18)19)26(20-12-7-13-21(15-20)30(31,32)33)28-35(27(23)36)25(29(37)38)17-34(2)41(28,39)40/h4-7,9-15,25H,3,8,16-17H2,1-2H3,(H,37,38). The van der Waals surface area contributed by atoms with Gasteiger partial charge in [0.05, 0.1) is 5.56 Å². The molecule has 1 N–H and O–H groups in total. The van der Waals surface area contributed by atoms with Gasteiger partial charge in [0.2, 0.25) is 0 Å². The fraction of sp³-hybridized carbons (Fsp3) is 0.267. The molecule has 11 heteroatoms. The van der Waals surface area contributed by atoms with Gasteiger partial charge in [-0.1, -0.05) is 67.9 Å². The van der Waals surface area contributed by atoms with Gasteiger partial charge in [-0.25, -0.2) is 13.2 Å². The zero-order valence-electron chi connectivity index (χ0n) is 22.3. The first-order chi connectivity index (χ1) is 19.4. The number of benzene rings is 3. The van der Waals surface area contributed by atoms with Gasteiger partial charge < -0.3 is 5.11 Å². The first kappa shape index (κ1) is 28.6. The molecule has 0 spiro atoms. The molecule has 2 heterocycles. The van der Waals surface area contributed by atoms with Crippen LogP contribution in [-0.4, -0.2) is 42.0 Å². The summed E-state index contributed by atoms with van der Waals surface area (Å²) in [6.07, 6.45) is -4.04. The number of carbonyl (C=O) groups is 1. The number of carboxylic acid groups (broad SMARTS) is 1. The maximum absolute atomic E-state index is 14.0. The van der Waals surface area contributed by atoms with Crippen molar-refractivity contribution in [2.24, 2.45) is 0 Å². The van der Waals surface area contributed by atoms with Crippen molar-refractivity contribution in [1.29, 1.82) is 0 Å². The molecule has 214 valence electrons. The number of pyridine rings is 1. The molecule has 0 saturated heterocycles. The lowest BCUT2D eigenvalue weighted by Crippen LogP contribution is -2.49. The lowest BCUT2D eigenvalue weighted by molar-refractivity contribution is -0.141. The molecule has 1 aliphatic rings. The monoisotopic (exact) mass is 584 g/mol. The van der Waals surface area contributed by atoms with Gasteiger partial charge in [0.25, 0.3) is 15.6 Å². The quantitative estimate of drug-likeness (QED) is 0.323. The van der Waals surface area contributed by atoms with Gasteiger partial charge in [0.1, 0.15) is 6.04 Å². The molecule has 7 nitrogen and oxygen atoms in total. The van der Waals surface area contributed by atoms with Gasteiger partial charge in [-0.05, 0) is 52.4 Å². The third kappa shape index (κ3) is 4.93. The molecular weight excluding hydrogens is 557 g/mol. The molecule has 0 fully saturated rings. The summed E-state index contributed by atoms with van der Waals surface area (Å²) < 4.78 is 70.8. The number of halogens is 3. The smallest absolute Gasteiger partial charge is 0.416 e. The minimum Gasteiger partial charge on any atom is -0.480 e. The highest BCUT2D eigenvalue weighted by Gasteiger charge is 2.43. The van der Waals surface area contributed by atoms with Crippen molar-refractivity contribution in [1.82, 2.24) is 8.87 Å². The number of rotatable bonds is 6. The highest BCUT2D eigenvalue weighted by Crippen LogP contribution is 2.41. The summed E-state index contributed by atoms with van der Waals surface area (Å²) in [6.45, 7) is 1.31. The summed E-state index contributed by atoms with van der Waals surface area (Å²) in [4.78, 5) is 26.4. The zero-order chi connectivity index (χ0) is 29.7. The van der Waals surface area contributed by atoms with E-state index in [4.69, 9.17) is 0 Å². The summed E-state index contributed by atoms with van der Waals surface area (Å²) in [6, 6.07) is 15.7. The zero-order valence-corrected chi connectivity index (χ0v) is 23.1. The maximum atomic E-state index is 14.0. The Labute approximate surface area is 234 Å². The van der Waals surface area contributed by atoms with Crippen LogP contribution < -0.4 is 5.56 Å². The van der Waals surface area contributed by atoms with Crippen LogP contribution >= 0.6 is 0 Å². The summed E-state index contributed by atoms with van der Waals surface area (Å²) in [7, 11) is -3.28. The van der Waals surface area contributed by atoms with Crippen LogP contribution in [0.15, 0.2) is 76.6 Å². The number of alkyl halides is 3. The van der Waals surface area contributed by atoms with Crippen molar-refractivity contribution in [3.63, 3.8) is 0 Å². The summed E-state index contributed by atoms with van der Waals surface area (Å²) in [5.41, 5.74) is -0.732. The van der Waals surface area contributed by atoms with E-state index in [-0.39, 0.29) is 35.1 Å². The minimum atomic E-state index is -4.72. The first-order valence-corrected chi connectivity index (χ1v) is 14.4. The molecule has 3 aromatic carbocycles. The third-order valence-corrected chi connectivity index (χ3v) is 9.34. The van der Waals surface area contributed by atoms with E-state index in [2.05, 4.69) is 0 Å². The predicted molar refractivity (Wildman–Crippen MR) is 148 cm³/mol. The molecule has 0 aliphatic carbocycles. The molecule has 4 aromatic rings. The molecule has 1 aromatic heterocycles. The highest BCUT2D eigenvalue weighted by molar-refractivity contribution is 7.89. The number of hydrogen-bond acceptors (Lipinski definition) is 4. The van der Waals surface area contributed by atoms with Crippen LogP contribution in [0, 0.1) is 0 Å². The van der Waals surface area contributed by atoms with E-state index in [1.807, 2.05) is 49.4 Å². The van der Waals surface area contributed by atoms with Gasteiger partial charge >= 0.3 is 12.1 Å². The van der Waals surface area contributed by atoms with E-state index < -0.39 is 50.9 Å². The van der Waals surface area contributed by atoms with Crippen LogP contribution in [0.25, 0.3) is 21.9 Å². The van der Waals surface area contributed by atoms with Crippen molar-refractivity contribution >= 4 is 26.8 Å². The number of sulfonamides is 1. The van der Waals surface area contributed by atoms with Crippen LogP contribution in [-0.2, 0) is 33.8 Å². The van der Waals surface area contributed by atoms with Crippen LogP contribution in [0.5, 0.6) is 0 Å². The summed E-state index contributed by atoms with van der Waals surface area (Å²) in [5.74, 6) is -1.42. The van der Waals surface area contributed by atoms with Crippen molar-refractivity contribution in [3.05, 3.63) is 99.3 Å². The van der Waals surface area contributed by atoms with Crippen LogP contribution in [0.1, 0.15) is 41.6 Å². The Bertz CT molecular complexity index is 1840. The third-order valence-electron chi connectivity index (χ3n) is 7.48. The maximum Gasteiger partial charge on any atom is 0.416 e. The van der Waals surface area contributed by atoms with Crippen LogP contribution in [0.3, 0.4) is 0 Å². The second-order valence-corrected chi connectivity index (χ2v) is 12.1. The second kappa shape index (κ2) is 10.5. The number of aromatic nitrogens is 1. The Balaban J connectivity index is 1.97. The Morgan fingerprint density at radius 2 is 1.71 bits per heavy atom. The van der Waals surface area contributed by atoms with E-state index in [0.29, 0.717) is 6.42 Å². The molecule has 0 saturated carbocycles. The van der Waals surface area contributed by atoms with Crippen molar-refractivity contribution in [3.8, 4) is 11.1 Å². The summed E-state index contributed by atoms with van der Waals surface area (Å²) in [5, 5.41) is 11.2. The van der Waals surface area contributed by atoms with Crippen molar-refractivity contribution < 1.29 is 31.5 Å². The number of carboxylic acids is 1. The molecule has 0 bridgehead atoms. The van der Waals surface area contributed by atoms with Crippen molar-refractivity contribution in [2.45, 2.75) is 43.4 Å². The van der Waals surface area contributed by atoms with E-state index in [9.17, 15) is 36.3 Å². The molecular formula is C30H27F3N2O5S. The summed E-state index contributed by atoms with van der Waals surface area (Å²) >= 11 is 0. The van der Waals surface area contributed by atoms with E-state index in [1.54, 1.807) is 0 Å². The second-order valence-electron chi connectivity index (χ2n) is 10.1. The Hall–Kier alpha value is -3.96. The molecule has 0 radical (unpaired) electrons. The fourth-order valence-electron chi connectivity index (χ4n) is 5.55. The topological polar surface area (TPSA) is 96.7 Å². The average molecular weight is 585 g/mol. The van der Waals surface area contributed by atoms with Crippen LogP contribution in [0.4, 0.5) is 13.2 Å². The number of aliphatic carboxylic acids is 1. The lowest BCUT2D eigenvalue weighted by atomic mass is 9.88. The number of hydrogen-bond donors (Lipinski definition) is 1. The molecule has 5 rings (SSSR count). The lowest BCUT2D eigenvalue weighted by Gasteiger charge is -2.34. The van der Waals surface area contributed by atoms with Crippen molar-refractivity contribution in [2.75, 3.05) is 13.6 Å². The average Bonchev–Trinajstić information content (AvgIpc) is 2.92. The number of fused-ring (bicyclic) bond motifs is 2. The number of nitrogens with zero attached hydrogens (tertiary/aromatic N) is 2. The SMILES string of the molecule is CCCc1c(Cc2cccc3ccccc23)c(-c2cccc(C(F)(F)F)c2)c2n(c1=O)C(C(=O)O)CN(C)S2(=O)=O. The number of likely N-dealkylation sites (N-methyl/N-ethyl adjacent to an activating group) is 1. The van der Waals surface area contributed by atoms with E-state index in [0.717, 1.165) is 37.3 Å². The Morgan fingerprint density at radius 1 is 1.02 bits per heavy atom. The molecule has 1 unspecified atom stereocenters. The van der Waals surface area contributed by atoms with Gasteiger partial charge in [-0.2, -0.15) is 17.5 Å². The van der Waals surface area contributed by atoms with Gasteiger partial charge in [0.15, 0.2) is 5.03 Å². The fourth-order valence-corrected chi connectivity index (χ4v) is 7.14. The van der Waals surface area contributed by atoms with Gasteiger partial charge in [-0.3, -0.25) is 9.36 Å². The molecule has 1 aliphatic heterocycles. The highest BCUT2D eigenvalue weighted by atomic mass is 32.2. The Kier molecular flexibility index (Phi) is 7.29. The van der Waals surface area contributed by atoms with Gasteiger partial charge in [-0.15, -0.1) is 0 Å². The normalized spacial score (nSPS) is 17.0. The molecule has 0 amide bonds. The largest absolute Gasteiger partial charge is 0.480 e. The minimum absolute atomic E-state index is 0.0440.